The van der Waals surface area contributed by atoms with Crippen LogP contribution in [0.25, 0.3) is 0 Å². The van der Waals surface area contributed by atoms with Crippen molar-refractivity contribution < 1.29 is 14.4 Å². The molecule has 0 aliphatic carbocycles. The number of hydrogen-bond donors (Lipinski definition) is 2. The van der Waals surface area contributed by atoms with Gasteiger partial charge in [0.15, 0.2) is 5.75 Å². The van der Waals surface area contributed by atoms with Gasteiger partial charge in [0.2, 0.25) is 5.75 Å². The Labute approximate surface area is 118 Å². The van der Waals surface area contributed by atoms with Crippen molar-refractivity contribution in [2.45, 2.75) is 0 Å². The zero-order chi connectivity index (χ0) is 15.2. The molecule has 1 aromatic carbocycles. The van der Waals surface area contributed by atoms with E-state index in [0.29, 0.717) is 0 Å². The fourth-order valence-corrected chi connectivity index (χ4v) is 1.59. The van der Waals surface area contributed by atoms with Crippen LogP contribution in [-0.4, -0.2) is 46.0 Å². The molecule has 1 heterocycles. The Hall–Kier alpha value is -3.24. The highest BCUT2D eigenvalue weighted by Gasteiger charge is 2.24. The highest BCUT2D eigenvalue weighted by Crippen LogP contribution is 2.38. The van der Waals surface area contributed by atoms with Gasteiger partial charge in [0.1, 0.15) is 0 Å². The van der Waals surface area contributed by atoms with Crippen LogP contribution in [0.15, 0.2) is 17.2 Å². The third-order valence-corrected chi connectivity index (χ3v) is 2.45. The number of hydrogen-bond acceptors (Lipinski definition) is 9. The van der Waals surface area contributed by atoms with E-state index < -0.39 is 4.92 Å². The molecule has 0 saturated heterocycles. The van der Waals surface area contributed by atoms with Gasteiger partial charge >= 0.3 is 5.69 Å². The number of methoxy groups -OCH3 is 2. The van der Waals surface area contributed by atoms with Crippen molar-refractivity contribution in [3.05, 3.63) is 27.8 Å². The molecule has 0 aliphatic heterocycles. The van der Waals surface area contributed by atoms with Gasteiger partial charge in [0, 0.05) is 0 Å². The van der Waals surface area contributed by atoms with Gasteiger partial charge < -0.3 is 9.47 Å². The predicted molar refractivity (Wildman–Crippen MR) is 71.6 cm³/mol. The smallest absolute Gasteiger partial charge is 0.323 e. The molecule has 0 aliphatic rings. The molecule has 0 radical (unpaired) electrons. The lowest BCUT2D eigenvalue weighted by Crippen LogP contribution is -2.02. The molecule has 11 nitrogen and oxygen atoms in total. The molecule has 110 valence electrons. The number of anilines is 1. The third-order valence-electron chi connectivity index (χ3n) is 2.45. The largest absolute Gasteiger partial charge is 0.493 e. The van der Waals surface area contributed by atoms with Crippen LogP contribution in [0, 0.1) is 10.1 Å². The van der Waals surface area contributed by atoms with Gasteiger partial charge in [-0.3, -0.25) is 10.1 Å². The number of nitro benzene ring substituents is 1. The van der Waals surface area contributed by atoms with Crippen molar-refractivity contribution >= 4 is 17.9 Å². The first kappa shape index (κ1) is 14.2. The average molecular weight is 293 g/mol. The molecule has 0 fully saturated rings. The van der Waals surface area contributed by atoms with E-state index in [1.54, 1.807) is 6.07 Å². The van der Waals surface area contributed by atoms with E-state index in [4.69, 9.17) is 9.47 Å². The maximum absolute atomic E-state index is 11.2. The van der Waals surface area contributed by atoms with Gasteiger partial charge in [0.05, 0.1) is 30.9 Å². The molecule has 2 aromatic rings. The Kier molecular flexibility index (Phi) is 4.23. The molecule has 1 aromatic heterocycles. The van der Waals surface area contributed by atoms with Gasteiger partial charge in [-0.1, -0.05) is 5.10 Å². The Morgan fingerprint density at radius 3 is 2.81 bits per heavy atom. The quantitative estimate of drug-likeness (QED) is 0.447. The van der Waals surface area contributed by atoms with Crippen molar-refractivity contribution in [1.82, 2.24) is 20.6 Å². The van der Waals surface area contributed by atoms with Crippen LogP contribution in [0.1, 0.15) is 5.56 Å². The Balaban J connectivity index is 2.34. The molecule has 0 spiro atoms. The number of ether oxygens (including phenoxy) is 2. The van der Waals surface area contributed by atoms with Crippen molar-refractivity contribution in [2.75, 3.05) is 19.6 Å². The lowest BCUT2D eigenvalue weighted by molar-refractivity contribution is -0.385. The summed E-state index contributed by atoms with van der Waals surface area (Å²) in [4.78, 5) is 10.6. The number of nitro groups is 1. The number of aromatic amines is 1. The zero-order valence-corrected chi connectivity index (χ0v) is 11.1. The Morgan fingerprint density at radius 1 is 1.43 bits per heavy atom. The summed E-state index contributed by atoms with van der Waals surface area (Å²) in [7, 11) is 2.72. The summed E-state index contributed by atoms with van der Waals surface area (Å²) in [5.74, 6) is 0.410. The first-order chi connectivity index (χ1) is 10.2. The summed E-state index contributed by atoms with van der Waals surface area (Å²) in [6.07, 6.45) is 1.25. The molecule has 0 unspecified atom stereocenters. The van der Waals surface area contributed by atoms with Gasteiger partial charge in [-0.15, -0.1) is 5.10 Å². The number of hydrazone groups is 1. The highest BCUT2D eigenvalue weighted by atomic mass is 16.6. The fraction of sp³-hybridized carbons (Fsp3) is 0.200. The van der Waals surface area contributed by atoms with E-state index in [2.05, 4.69) is 31.2 Å². The normalized spacial score (nSPS) is 10.6. The number of H-pyrrole nitrogens is 1. The summed E-state index contributed by atoms with van der Waals surface area (Å²) in [5, 5.41) is 27.8. The lowest BCUT2D eigenvalue weighted by atomic mass is 10.1. The number of nitrogens with one attached hydrogen (secondary N) is 2. The van der Waals surface area contributed by atoms with Crippen LogP contribution < -0.4 is 14.9 Å². The minimum Gasteiger partial charge on any atom is -0.493 e. The minimum atomic E-state index is -0.572. The zero-order valence-electron chi connectivity index (χ0n) is 11.1. The molecular formula is C10H11N7O4. The van der Waals surface area contributed by atoms with Gasteiger partial charge in [-0.05, 0) is 17.3 Å². The molecule has 2 N–H and O–H groups in total. The van der Waals surface area contributed by atoms with Gasteiger partial charge in [-0.2, -0.15) is 10.3 Å². The third kappa shape index (κ3) is 3.02. The summed E-state index contributed by atoms with van der Waals surface area (Å²) in [6, 6.07) is 3.03. The minimum absolute atomic E-state index is 0.0195. The van der Waals surface area contributed by atoms with Crippen LogP contribution in [-0.2, 0) is 0 Å². The molecule has 21 heavy (non-hydrogen) atoms. The molecule has 0 atom stereocenters. The number of aromatic nitrogens is 4. The second-order valence-electron chi connectivity index (χ2n) is 3.60. The van der Waals surface area contributed by atoms with Crippen molar-refractivity contribution in [1.29, 1.82) is 0 Å². The van der Waals surface area contributed by atoms with E-state index in [9.17, 15) is 10.1 Å². The van der Waals surface area contributed by atoms with E-state index >= 15 is 0 Å². The van der Waals surface area contributed by atoms with Crippen molar-refractivity contribution in [3.8, 4) is 11.5 Å². The SMILES string of the molecule is COc1ccc(/C=N\Nc2nn[nH]n2)c([N+](=O)[O-])c1OC. The van der Waals surface area contributed by atoms with Crippen LogP contribution in [0.5, 0.6) is 11.5 Å². The van der Waals surface area contributed by atoms with E-state index in [1.807, 2.05) is 0 Å². The molecule has 0 saturated carbocycles. The topological polar surface area (TPSA) is 140 Å². The fourth-order valence-electron chi connectivity index (χ4n) is 1.59. The molecule has 11 heteroatoms. The maximum atomic E-state index is 11.2. The van der Waals surface area contributed by atoms with E-state index in [0.717, 1.165) is 0 Å². The van der Waals surface area contributed by atoms with Crippen molar-refractivity contribution in [3.63, 3.8) is 0 Å². The first-order valence-corrected chi connectivity index (χ1v) is 5.59. The molecule has 0 bridgehead atoms. The predicted octanol–water partition coefficient (Wildman–Crippen LogP) is 0.571. The van der Waals surface area contributed by atoms with E-state index in [-0.39, 0.29) is 28.7 Å². The number of rotatable bonds is 6. The lowest BCUT2D eigenvalue weighted by Gasteiger charge is -2.08. The second kappa shape index (κ2) is 6.27. The number of nitrogens with zero attached hydrogens (tertiary/aromatic N) is 5. The maximum Gasteiger partial charge on any atom is 0.323 e. The Morgan fingerprint density at radius 2 is 2.24 bits per heavy atom. The molecular weight excluding hydrogens is 282 g/mol. The van der Waals surface area contributed by atoms with Gasteiger partial charge in [0.25, 0.3) is 5.95 Å². The number of tetrazole rings is 1. The number of benzene rings is 1. The summed E-state index contributed by atoms with van der Waals surface area (Å²) < 4.78 is 10.1. The standard InChI is InChI=1S/C10H11N7O4/c1-20-7-4-3-6(8(17(18)19)9(7)21-2)5-11-12-10-13-15-16-14-10/h3-5H,1-2H3,(H2,12,13,14,15,16)/b11-5-. The van der Waals surface area contributed by atoms with Gasteiger partial charge in [-0.25, -0.2) is 5.43 Å². The average Bonchev–Trinajstić information content (AvgIpc) is 2.99. The van der Waals surface area contributed by atoms with Crippen LogP contribution in [0.4, 0.5) is 11.6 Å². The van der Waals surface area contributed by atoms with Crippen molar-refractivity contribution in [2.24, 2.45) is 5.10 Å². The van der Waals surface area contributed by atoms with Crippen LogP contribution in [0.2, 0.25) is 0 Å². The van der Waals surface area contributed by atoms with Crippen LogP contribution in [0.3, 0.4) is 0 Å². The van der Waals surface area contributed by atoms with E-state index in [1.165, 1.54) is 26.5 Å². The summed E-state index contributed by atoms with van der Waals surface area (Å²) >= 11 is 0. The Bertz CT molecular complexity index is 656. The monoisotopic (exact) mass is 293 g/mol. The summed E-state index contributed by atoms with van der Waals surface area (Å²) in [6.45, 7) is 0. The summed E-state index contributed by atoms with van der Waals surface area (Å²) in [5.41, 5.74) is 2.44. The second-order valence-corrected chi connectivity index (χ2v) is 3.60. The highest BCUT2D eigenvalue weighted by molar-refractivity contribution is 5.88. The van der Waals surface area contributed by atoms with Crippen LogP contribution >= 0.6 is 0 Å². The molecule has 0 amide bonds. The first-order valence-electron chi connectivity index (χ1n) is 5.59. The molecule has 2 rings (SSSR count).